The zero-order valence-corrected chi connectivity index (χ0v) is 27.8. The lowest BCUT2D eigenvalue weighted by Crippen LogP contribution is -2.68. The summed E-state index contributed by atoms with van der Waals surface area (Å²) in [7, 11) is 2.76. The van der Waals surface area contributed by atoms with Crippen molar-refractivity contribution in [2.24, 2.45) is 32.5 Å². The van der Waals surface area contributed by atoms with E-state index >= 15 is 0 Å². The maximum Gasteiger partial charge on any atom is 0.311 e. The second kappa shape index (κ2) is 10.7. The van der Waals surface area contributed by atoms with Gasteiger partial charge in [0.05, 0.1) is 48.7 Å². The molecule has 45 heavy (non-hydrogen) atoms. The summed E-state index contributed by atoms with van der Waals surface area (Å²) in [6, 6.07) is 0. The Balaban J connectivity index is 0.000000156. The smallest absolute Gasteiger partial charge is 0.311 e. The largest absolute Gasteiger partial charge is 0.481 e. The normalized spacial score (nSPS) is 37.1. The van der Waals surface area contributed by atoms with Gasteiger partial charge in [-0.15, -0.1) is 0 Å². The number of carbonyl (C=O) groups is 6. The van der Waals surface area contributed by atoms with Crippen molar-refractivity contribution < 1.29 is 57.9 Å². The van der Waals surface area contributed by atoms with E-state index in [0.29, 0.717) is 51.4 Å². The van der Waals surface area contributed by atoms with Gasteiger partial charge in [-0.25, -0.2) is 0 Å². The number of hydrogen-bond donors (Lipinski definition) is 2. The molecule has 252 valence electrons. The molecule has 9 fully saturated rings. The molecule has 0 unspecified atom stereocenters. The van der Waals surface area contributed by atoms with Crippen LogP contribution in [0.5, 0.6) is 0 Å². The SMILES string of the molecule is CC(C)(C)OC(=O)CC12CC(C(=O)O)(C1)C2.COC(=O)C12CC(C(=O)O)(C1)C2.COC(=O)C12CC(CC(=O)OC(C)(C)C)(C1)C2. The quantitative estimate of drug-likeness (QED) is 0.283. The highest BCUT2D eigenvalue weighted by molar-refractivity contribution is 5.90. The summed E-state index contributed by atoms with van der Waals surface area (Å²) in [5.74, 6) is -2.21. The third-order valence-electron chi connectivity index (χ3n) is 10.3. The molecule has 9 aliphatic carbocycles. The minimum absolute atomic E-state index is 0.0243. The Kier molecular flexibility index (Phi) is 8.24. The molecule has 2 N–H and O–H groups in total. The molecular formula is C33H48O12. The van der Waals surface area contributed by atoms with E-state index in [1.807, 2.05) is 41.5 Å². The molecule has 0 aromatic carbocycles. The molecule has 0 aliphatic heterocycles. The van der Waals surface area contributed by atoms with Gasteiger partial charge in [0, 0.05) is 0 Å². The summed E-state index contributed by atoms with van der Waals surface area (Å²) < 4.78 is 19.9. The first-order chi connectivity index (χ1) is 20.4. The predicted octanol–water partition coefficient (Wildman–Crippen LogP) is 4.45. The molecule has 6 bridgehead atoms. The first-order valence-electron chi connectivity index (χ1n) is 15.5. The van der Waals surface area contributed by atoms with Gasteiger partial charge in [-0.3, -0.25) is 28.8 Å². The van der Waals surface area contributed by atoms with E-state index in [2.05, 4.69) is 4.74 Å². The van der Waals surface area contributed by atoms with Crippen LogP contribution in [-0.4, -0.2) is 71.5 Å². The van der Waals surface area contributed by atoms with Crippen molar-refractivity contribution in [3.8, 4) is 0 Å². The number of carboxylic acids is 2. The number of carbonyl (C=O) groups excluding carboxylic acids is 4. The Hall–Kier alpha value is -3.18. The van der Waals surface area contributed by atoms with Crippen LogP contribution < -0.4 is 0 Å². The van der Waals surface area contributed by atoms with Gasteiger partial charge < -0.3 is 29.2 Å². The van der Waals surface area contributed by atoms with E-state index in [1.54, 1.807) is 0 Å². The van der Waals surface area contributed by atoms with Crippen LogP contribution in [0.2, 0.25) is 0 Å². The highest BCUT2D eigenvalue weighted by Crippen LogP contribution is 2.76. The Bertz CT molecular complexity index is 1240. The maximum absolute atomic E-state index is 11.7. The Morgan fingerprint density at radius 1 is 0.511 bits per heavy atom. The zero-order chi connectivity index (χ0) is 34.1. The van der Waals surface area contributed by atoms with Crippen molar-refractivity contribution in [2.45, 2.75) is 123 Å². The summed E-state index contributed by atoms with van der Waals surface area (Å²) in [6.45, 7) is 11.1. The van der Waals surface area contributed by atoms with Gasteiger partial charge in [0.25, 0.3) is 0 Å². The number of carboxylic acid groups (broad SMARTS) is 2. The topological polar surface area (TPSA) is 180 Å². The second-order valence-corrected chi connectivity index (χ2v) is 16.8. The predicted molar refractivity (Wildman–Crippen MR) is 156 cm³/mol. The molecular weight excluding hydrogens is 588 g/mol. The highest BCUT2D eigenvalue weighted by atomic mass is 16.6. The minimum Gasteiger partial charge on any atom is -0.481 e. The van der Waals surface area contributed by atoms with Gasteiger partial charge in [-0.2, -0.15) is 0 Å². The van der Waals surface area contributed by atoms with Crippen molar-refractivity contribution in [3.63, 3.8) is 0 Å². The van der Waals surface area contributed by atoms with E-state index in [9.17, 15) is 28.8 Å². The number of ether oxygens (including phenoxy) is 4. The molecule has 0 amide bonds. The van der Waals surface area contributed by atoms with E-state index in [1.165, 1.54) is 14.2 Å². The molecule has 12 heteroatoms. The van der Waals surface area contributed by atoms with E-state index in [0.717, 1.165) is 19.3 Å². The van der Waals surface area contributed by atoms with Gasteiger partial charge in [0.15, 0.2) is 0 Å². The molecule has 0 atom stereocenters. The van der Waals surface area contributed by atoms with Crippen molar-refractivity contribution in [2.75, 3.05) is 14.2 Å². The van der Waals surface area contributed by atoms with Crippen LogP contribution in [0, 0.1) is 32.5 Å². The highest BCUT2D eigenvalue weighted by Gasteiger charge is 2.76. The van der Waals surface area contributed by atoms with Crippen LogP contribution in [0.3, 0.4) is 0 Å². The molecule has 0 aromatic heterocycles. The van der Waals surface area contributed by atoms with E-state index in [-0.39, 0.29) is 40.1 Å². The molecule has 9 rings (SSSR count). The van der Waals surface area contributed by atoms with Gasteiger partial charge in [0.2, 0.25) is 0 Å². The van der Waals surface area contributed by atoms with Crippen LogP contribution >= 0.6 is 0 Å². The lowest BCUT2D eigenvalue weighted by atomic mass is 9.34. The molecule has 0 spiro atoms. The number of aliphatic carboxylic acids is 2. The molecule has 0 radical (unpaired) electrons. The Morgan fingerprint density at radius 2 is 0.778 bits per heavy atom. The number of hydrogen-bond acceptors (Lipinski definition) is 10. The number of rotatable bonds is 8. The first kappa shape index (κ1) is 34.7. The molecule has 9 saturated carbocycles. The summed E-state index contributed by atoms with van der Waals surface area (Å²) in [5.41, 5.74) is -2.68. The van der Waals surface area contributed by atoms with Gasteiger partial charge >= 0.3 is 35.8 Å². The zero-order valence-electron chi connectivity index (χ0n) is 27.8. The van der Waals surface area contributed by atoms with Crippen molar-refractivity contribution in [3.05, 3.63) is 0 Å². The van der Waals surface area contributed by atoms with Crippen LogP contribution in [0.4, 0.5) is 0 Å². The molecule has 9 aliphatic rings. The van der Waals surface area contributed by atoms with Crippen LogP contribution in [0.1, 0.15) is 112 Å². The lowest BCUT2D eigenvalue weighted by molar-refractivity contribution is -0.232. The summed E-state index contributed by atoms with van der Waals surface area (Å²) >= 11 is 0. The standard InChI is InChI=1S/C13H20O4.C12H18O4.C8H10O4/c1-11(2,3)17-9(14)5-12-6-13(7-12,8-12)10(15)16-4;1-10(2,3)16-8(13)4-11-5-12(6-11,7-11)9(14)15;1-12-6(11)8-2-7(3-8,4-8)5(9)10/h5-8H2,1-4H3;4-7H2,1-3H3,(H,14,15);2-4H2,1H3,(H,9,10). The van der Waals surface area contributed by atoms with E-state index < -0.39 is 39.4 Å². The average Bonchev–Trinajstić information content (AvgIpc) is 2.72. The monoisotopic (exact) mass is 636 g/mol. The fraction of sp³-hybridized carbons (Fsp3) is 0.818. The van der Waals surface area contributed by atoms with Crippen LogP contribution in [0.15, 0.2) is 0 Å². The summed E-state index contributed by atoms with van der Waals surface area (Å²) in [4.78, 5) is 67.4. The maximum atomic E-state index is 11.7. The summed E-state index contributed by atoms with van der Waals surface area (Å²) in [5, 5.41) is 17.7. The van der Waals surface area contributed by atoms with Gasteiger partial charge in [0.1, 0.15) is 11.2 Å². The lowest BCUT2D eigenvalue weighted by Gasteiger charge is -2.68. The average molecular weight is 637 g/mol. The summed E-state index contributed by atoms with van der Waals surface area (Å²) in [6.07, 6.45) is 6.52. The van der Waals surface area contributed by atoms with E-state index in [4.69, 9.17) is 24.4 Å². The van der Waals surface area contributed by atoms with Gasteiger partial charge in [-0.1, -0.05) is 0 Å². The minimum atomic E-state index is -0.770. The number of methoxy groups -OCH3 is 2. The van der Waals surface area contributed by atoms with Crippen LogP contribution in [-0.2, 0) is 47.7 Å². The third-order valence-corrected chi connectivity index (χ3v) is 10.3. The Morgan fingerprint density at radius 3 is 1.04 bits per heavy atom. The Labute approximate surface area is 263 Å². The fourth-order valence-electron chi connectivity index (χ4n) is 8.85. The molecule has 0 saturated heterocycles. The van der Waals surface area contributed by atoms with Crippen molar-refractivity contribution >= 4 is 35.8 Å². The van der Waals surface area contributed by atoms with Crippen molar-refractivity contribution in [1.29, 1.82) is 0 Å². The van der Waals surface area contributed by atoms with Crippen LogP contribution in [0.25, 0.3) is 0 Å². The van der Waals surface area contributed by atoms with Gasteiger partial charge in [-0.05, 0) is 110 Å². The molecule has 0 aromatic rings. The number of esters is 4. The first-order valence-corrected chi connectivity index (χ1v) is 15.5. The molecule has 0 heterocycles. The molecule has 12 nitrogen and oxygen atoms in total. The fourth-order valence-corrected chi connectivity index (χ4v) is 8.85. The second-order valence-electron chi connectivity index (χ2n) is 16.8. The van der Waals surface area contributed by atoms with Crippen molar-refractivity contribution in [1.82, 2.24) is 0 Å². The third kappa shape index (κ3) is 6.30.